The molecule has 0 fully saturated rings. The SMILES string of the molecule is CCC(C(=O)NCc1ccccc1-n1ccnc1)N(c1ccccc1)S(C)(=O)=O. The Bertz CT molecular complexity index is 1050. The second-order valence-electron chi connectivity index (χ2n) is 6.63. The summed E-state index contributed by atoms with van der Waals surface area (Å²) in [5.74, 6) is -0.345. The van der Waals surface area contributed by atoms with Crippen molar-refractivity contribution < 1.29 is 13.2 Å². The van der Waals surface area contributed by atoms with Crippen LogP contribution in [0.4, 0.5) is 5.69 Å². The van der Waals surface area contributed by atoms with Gasteiger partial charge < -0.3 is 9.88 Å². The highest BCUT2D eigenvalue weighted by molar-refractivity contribution is 7.92. The summed E-state index contributed by atoms with van der Waals surface area (Å²) < 4.78 is 28.0. The highest BCUT2D eigenvalue weighted by Gasteiger charge is 2.31. The van der Waals surface area contributed by atoms with Gasteiger partial charge in [0.2, 0.25) is 15.9 Å². The van der Waals surface area contributed by atoms with Crippen LogP contribution in [0.1, 0.15) is 18.9 Å². The van der Waals surface area contributed by atoms with Crippen LogP contribution in [0.25, 0.3) is 5.69 Å². The van der Waals surface area contributed by atoms with Crippen LogP contribution in [-0.2, 0) is 21.4 Å². The van der Waals surface area contributed by atoms with Crippen molar-refractivity contribution in [2.24, 2.45) is 0 Å². The Hall–Kier alpha value is -3.13. The number of imidazole rings is 1. The molecule has 2 aromatic carbocycles. The molecule has 1 unspecified atom stereocenters. The minimum Gasteiger partial charge on any atom is -0.350 e. The molecule has 1 heterocycles. The number of para-hydroxylation sites is 2. The first-order valence-electron chi connectivity index (χ1n) is 9.30. The molecule has 0 aliphatic heterocycles. The smallest absolute Gasteiger partial charge is 0.244 e. The molecule has 1 aromatic heterocycles. The maximum atomic E-state index is 13.0. The summed E-state index contributed by atoms with van der Waals surface area (Å²) in [6, 6.07) is 15.5. The molecule has 8 heteroatoms. The fraction of sp³-hybridized carbons (Fsp3) is 0.238. The maximum Gasteiger partial charge on any atom is 0.244 e. The molecule has 7 nitrogen and oxygen atoms in total. The van der Waals surface area contributed by atoms with Crippen molar-refractivity contribution in [3.63, 3.8) is 0 Å². The molecule has 0 spiro atoms. The van der Waals surface area contributed by atoms with Crippen molar-refractivity contribution in [1.82, 2.24) is 14.9 Å². The fourth-order valence-corrected chi connectivity index (χ4v) is 4.46. The Balaban J connectivity index is 1.82. The summed E-state index contributed by atoms with van der Waals surface area (Å²) in [5, 5.41) is 2.90. The lowest BCUT2D eigenvalue weighted by Gasteiger charge is -2.30. The van der Waals surface area contributed by atoms with Gasteiger partial charge in [-0.3, -0.25) is 9.10 Å². The van der Waals surface area contributed by atoms with Crippen molar-refractivity contribution in [2.45, 2.75) is 25.9 Å². The largest absolute Gasteiger partial charge is 0.350 e. The zero-order valence-electron chi connectivity index (χ0n) is 16.4. The van der Waals surface area contributed by atoms with E-state index in [1.807, 2.05) is 35.0 Å². The predicted molar refractivity (Wildman–Crippen MR) is 113 cm³/mol. The summed E-state index contributed by atoms with van der Waals surface area (Å²) in [7, 11) is -3.64. The van der Waals surface area contributed by atoms with Crippen LogP contribution in [0.3, 0.4) is 0 Å². The van der Waals surface area contributed by atoms with Crippen LogP contribution in [0.5, 0.6) is 0 Å². The molecule has 0 saturated heterocycles. The molecule has 1 N–H and O–H groups in total. The first-order chi connectivity index (χ1) is 13.9. The topological polar surface area (TPSA) is 84.3 Å². The van der Waals surface area contributed by atoms with E-state index >= 15 is 0 Å². The van der Waals surface area contributed by atoms with Crippen molar-refractivity contribution in [1.29, 1.82) is 0 Å². The number of carbonyl (C=O) groups excluding carboxylic acids is 1. The summed E-state index contributed by atoms with van der Waals surface area (Å²) in [4.78, 5) is 17.0. The Morgan fingerprint density at radius 1 is 1.14 bits per heavy atom. The lowest BCUT2D eigenvalue weighted by Crippen LogP contribution is -2.49. The minimum atomic E-state index is -3.64. The third-order valence-corrected chi connectivity index (χ3v) is 5.75. The molecule has 1 amide bonds. The number of nitrogens with zero attached hydrogens (tertiary/aromatic N) is 3. The molecule has 0 aliphatic carbocycles. The van der Waals surface area contributed by atoms with Crippen molar-refractivity contribution >= 4 is 21.6 Å². The van der Waals surface area contributed by atoms with Crippen molar-refractivity contribution in [3.05, 3.63) is 78.9 Å². The van der Waals surface area contributed by atoms with Crippen molar-refractivity contribution in [3.8, 4) is 5.69 Å². The summed E-state index contributed by atoms with van der Waals surface area (Å²) in [5.41, 5.74) is 2.27. The summed E-state index contributed by atoms with van der Waals surface area (Å²) >= 11 is 0. The molecule has 0 aliphatic rings. The fourth-order valence-electron chi connectivity index (χ4n) is 3.25. The van der Waals surface area contributed by atoms with Gasteiger partial charge in [-0.1, -0.05) is 43.3 Å². The van der Waals surface area contributed by atoms with Gasteiger partial charge in [0.25, 0.3) is 0 Å². The van der Waals surface area contributed by atoms with Gasteiger partial charge in [0.15, 0.2) is 0 Å². The van der Waals surface area contributed by atoms with Gasteiger partial charge in [0.05, 0.1) is 24.0 Å². The standard InChI is InChI=1S/C21H24N4O3S/c1-3-19(25(29(2,27)28)18-10-5-4-6-11-18)21(26)23-15-17-9-7-8-12-20(17)24-14-13-22-16-24/h4-14,16,19H,3,15H2,1-2H3,(H,23,26). The van der Waals surface area contributed by atoms with Crippen LogP contribution >= 0.6 is 0 Å². The summed E-state index contributed by atoms with van der Waals surface area (Å²) in [6.07, 6.45) is 6.67. The number of rotatable bonds is 8. The zero-order chi connectivity index (χ0) is 20.9. The Labute approximate surface area is 171 Å². The molecular weight excluding hydrogens is 388 g/mol. The Morgan fingerprint density at radius 2 is 1.83 bits per heavy atom. The first kappa shape index (κ1) is 20.6. The maximum absolute atomic E-state index is 13.0. The normalized spacial score (nSPS) is 12.3. The number of nitrogens with one attached hydrogen (secondary N) is 1. The Kier molecular flexibility index (Phi) is 6.33. The molecule has 152 valence electrons. The van der Waals surface area contributed by atoms with E-state index in [9.17, 15) is 13.2 Å². The van der Waals surface area contributed by atoms with Gasteiger partial charge in [-0.2, -0.15) is 0 Å². The van der Waals surface area contributed by atoms with E-state index in [1.54, 1.807) is 49.8 Å². The second kappa shape index (κ2) is 8.91. The molecule has 29 heavy (non-hydrogen) atoms. The number of hydrogen-bond donors (Lipinski definition) is 1. The molecule has 0 radical (unpaired) electrons. The molecule has 3 aromatic rings. The van der Waals surface area contributed by atoms with Crippen LogP contribution in [-0.4, -0.2) is 36.2 Å². The number of sulfonamides is 1. The van der Waals surface area contributed by atoms with Crippen LogP contribution in [0.2, 0.25) is 0 Å². The van der Waals surface area contributed by atoms with Crippen LogP contribution in [0, 0.1) is 0 Å². The van der Waals surface area contributed by atoms with Gasteiger partial charge >= 0.3 is 0 Å². The highest BCUT2D eigenvalue weighted by atomic mass is 32.2. The number of amides is 1. The summed E-state index contributed by atoms with van der Waals surface area (Å²) in [6.45, 7) is 2.07. The molecule has 1 atom stereocenters. The van der Waals surface area contributed by atoms with E-state index in [0.717, 1.165) is 17.5 Å². The third kappa shape index (κ3) is 4.83. The number of anilines is 1. The average molecular weight is 413 g/mol. The van der Waals surface area contributed by atoms with E-state index in [-0.39, 0.29) is 12.5 Å². The van der Waals surface area contributed by atoms with Crippen molar-refractivity contribution in [2.75, 3.05) is 10.6 Å². The quantitative estimate of drug-likeness (QED) is 0.617. The second-order valence-corrected chi connectivity index (χ2v) is 8.49. The van der Waals surface area contributed by atoms with Gasteiger partial charge in [0.1, 0.15) is 6.04 Å². The number of aromatic nitrogens is 2. The third-order valence-electron chi connectivity index (χ3n) is 4.57. The van der Waals surface area contributed by atoms with Crippen LogP contribution < -0.4 is 9.62 Å². The number of benzene rings is 2. The predicted octanol–water partition coefficient (Wildman–Crippen LogP) is 2.73. The number of hydrogen-bond acceptors (Lipinski definition) is 4. The van der Waals surface area contributed by atoms with E-state index < -0.39 is 16.1 Å². The molecule has 0 saturated carbocycles. The highest BCUT2D eigenvalue weighted by Crippen LogP contribution is 2.22. The van der Waals surface area contributed by atoms with Gasteiger partial charge in [-0.25, -0.2) is 13.4 Å². The van der Waals surface area contributed by atoms with E-state index in [4.69, 9.17) is 0 Å². The first-order valence-corrected chi connectivity index (χ1v) is 11.1. The minimum absolute atomic E-state index is 0.274. The lowest BCUT2D eigenvalue weighted by molar-refractivity contribution is -0.122. The van der Waals surface area contributed by atoms with Crippen LogP contribution in [0.15, 0.2) is 73.3 Å². The van der Waals surface area contributed by atoms with E-state index in [2.05, 4.69) is 10.3 Å². The van der Waals surface area contributed by atoms with Gasteiger partial charge in [0, 0.05) is 18.9 Å². The van der Waals surface area contributed by atoms with Gasteiger partial charge in [-0.05, 0) is 30.2 Å². The lowest BCUT2D eigenvalue weighted by atomic mass is 10.1. The number of carbonyl (C=O) groups is 1. The monoisotopic (exact) mass is 412 g/mol. The zero-order valence-corrected chi connectivity index (χ0v) is 17.2. The van der Waals surface area contributed by atoms with E-state index in [1.165, 1.54) is 4.31 Å². The molecule has 0 bridgehead atoms. The van der Waals surface area contributed by atoms with Gasteiger partial charge in [-0.15, -0.1) is 0 Å². The van der Waals surface area contributed by atoms with E-state index in [0.29, 0.717) is 12.1 Å². The average Bonchev–Trinajstić information content (AvgIpc) is 3.24. The molecular formula is C21H24N4O3S. The molecule has 3 rings (SSSR count). The Morgan fingerprint density at radius 3 is 2.45 bits per heavy atom.